The summed E-state index contributed by atoms with van der Waals surface area (Å²) >= 11 is 0. The van der Waals surface area contributed by atoms with E-state index in [1.54, 1.807) is 35.9 Å². The monoisotopic (exact) mass is 320 g/mol. The second-order valence-corrected chi connectivity index (χ2v) is 5.69. The van der Waals surface area contributed by atoms with E-state index in [1.165, 1.54) is 12.1 Å². The summed E-state index contributed by atoms with van der Waals surface area (Å²) < 4.78 is 1.67. The predicted molar refractivity (Wildman–Crippen MR) is 87.2 cm³/mol. The highest BCUT2D eigenvalue weighted by Crippen LogP contribution is 2.37. The van der Waals surface area contributed by atoms with Crippen molar-refractivity contribution >= 4 is 29.0 Å². The largest absolute Gasteiger partial charge is 0.508 e. The first-order valence-electron chi connectivity index (χ1n) is 7.28. The molecule has 0 fully saturated rings. The normalized spacial score (nSPS) is 13.2. The van der Waals surface area contributed by atoms with Crippen molar-refractivity contribution < 1.29 is 19.5 Å². The molecule has 0 bridgehead atoms. The first kappa shape index (κ1) is 14.2. The van der Waals surface area contributed by atoms with E-state index in [-0.39, 0.29) is 16.9 Å². The van der Waals surface area contributed by atoms with Crippen molar-refractivity contribution in [3.05, 3.63) is 53.2 Å². The lowest BCUT2D eigenvalue weighted by atomic mass is 9.94. The molecule has 1 aliphatic heterocycles. The van der Waals surface area contributed by atoms with Crippen LogP contribution in [0.15, 0.2) is 36.4 Å². The number of imide groups is 1. The van der Waals surface area contributed by atoms with Gasteiger partial charge in [-0.3, -0.25) is 19.7 Å². The van der Waals surface area contributed by atoms with Crippen molar-refractivity contribution in [3.63, 3.8) is 0 Å². The molecule has 0 unspecified atom stereocenters. The van der Waals surface area contributed by atoms with Crippen LogP contribution in [0.3, 0.4) is 0 Å². The van der Waals surface area contributed by atoms with Crippen molar-refractivity contribution in [2.75, 3.05) is 0 Å². The summed E-state index contributed by atoms with van der Waals surface area (Å²) in [6, 6.07) is 9.83. The van der Waals surface area contributed by atoms with Gasteiger partial charge in [0.25, 0.3) is 11.8 Å². The zero-order valence-electron chi connectivity index (χ0n) is 12.7. The first-order valence-corrected chi connectivity index (χ1v) is 7.28. The van der Waals surface area contributed by atoms with Gasteiger partial charge in [0.15, 0.2) is 6.29 Å². The number of fused-ring (bicyclic) bond motifs is 3. The summed E-state index contributed by atoms with van der Waals surface area (Å²) in [4.78, 5) is 35.8. The third kappa shape index (κ3) is 1.80. The van der Waals surface area contributed by atoms with Crippen LogP contribution < -0.4 is 5.32 Å². The molecule has 4 rings (SSSR count). The summed E-state index contributed by atoms with van der Waals surface area (Å²) in [5.74, 6) is -0.900. The number of phenols is 1. The number of aromatic hydroxyl groups is 1. The van der Waals surface area contributed by atoms with Crippen molar-refractivity contribution in [2.24, 2.45) is 7.05 Å². The molecule has 24 heavy (non-hydrogen) atoms. The second kappa shape index (κ2) is 4.79. The summed E-state index contributed by atoms with van der Waals surface area (Å²) in [5, 5.41) is 12.6. The van der Waals surface area contributed by atoms with Crippen LogP contribution >= 0.6 is 0 Å². The van der Waals surface area contributed by atoms with E-state index in [2.05, 4.69) is 5.32 Å². The summed E-state index contributed by atoms with van der Waals surface area (Å²) in [6.07, 6.45) is 0.703. The predicted octanol–water partition coefficient (Wildman–Crippen LogP) is 2.25. The van der Waals surface area contributed by atoms with Crippen molar-refractivity contribution in [1.82, 2.24) is 9.88 Å². The van der Waals surface area contributed by atoms with Crippen LogP contribution in [0.2, 0.25) is 0 Å². The first-order chi connectivity index (χ1) is 11.5. The van der Waals surface area contributed by atoms with Crippen LogP contribution in [0.5, 0.6) is 5.75 Å². The van der Waals surface area contributed by atoms with Crippen molar-refractivity contribution in [2.45, 2.75) is 0 Å². The fourth-order valence-electron chi connectivity index (χ4n) is 3.21. The quantitative estimate of drug-likeness (QED) is 0.560. The molecule has 0 radical (unpaired) electrons. The molecular weight excluding hydrogens is 308 g/mol. The van der Waals surface area contributed by atoms with Gasteiger partial charge in [0.1, 0.15) is 5.75 Å². The molecule has 1 aliphatic rings. The van der Waals surface area contributed by atoms with E-state index in [4.69, 9.17) is 0 Å². The van der Waals surface area contributed by atoms with E-state index in [9.17, 15) is 19.5 Å². The van der Waals surface area contributed by atoms with E-state index in [1.807, 2.05) is 0 Å². The third-order valence-corrected chi connectivity index (χ3v) is 4.35. The third-order valence-electron chi connectivity index (χ3n) is 4.35. The highest BCUT2D eigenvalue weighted by molar-refractivity contribution is 6.29. The van der Waals surface area contributed by atoms with Crippen molar-refractivity contribution in [3.8, 4) is 16.9 Å². The molecule has 0 atom stereocenters. The lowest BCUT2D eigenvalue weighted by Gasteiger charge is -2.09. The van der Waals surface area contributed by atoms with Gasteiger partial charge in [-0.15, -0.1) is 0 Å². The summed E-state index contributed by atoms with van der Waals surface area (Å²) in [7, 11) is 1.72. The molecule has 6 heteroatoms. The zero-order valence-corrected chi connectivity index (χ0v) is 12.7. The fraction of sp³-hybridized carbons (Fsp3) is 0.0556. The van der Waals surface area contributed by atoms with Crippen LogP contribution in [0.1, 0.15) is 31.2 Å². The number of carbonyl (C=O) groups is 3. The van der Waals surface area contributed by atoms with E-state index >= 15 is 0 Å². The Labute approximate surface area is 136 Å². The number of phenolic OH excluding ortho intramolecular Hbond substituents is 1. The van der Waals surface area contributed by atoms with Gasteiger partial charge in [0.2, 0.25) is 0 Å². The standard InChI is InChI=1S/C18H12N2O4/c1-20-10(8-21)6-13-14(20)7-12(9-3-2-4-11(22)5-9)15-16(13)18(24)19-17(15)23/h2-8,22H,1H3,(H,19,23,24). The number of hydrogen-bond donors (Lipinski definition) is 2. The minimum Gasteiger partial charge on any atom is -0.508 e. The van der Waals surface area contributed by atoms with E-state index in [0.29, 0.717) is 34.0 Å². The molecule has 0 spiro atoms. The Bertz CT molecular complexity index is 1060. The maximum atomic E-state index is 12.3. The van der Waals surface area contributed by atoms with Crippen LogP contribution in [0.25, 0.3) is 22.0 Å². The summed E-state index contributed by atoms with van der Waals surface area (Å²) in [6.45, 7) is 0. The Morgan fingerprint density at radius 1 is 1.08 bits per heavy atom. The minimum atomic E-state index is -0.481. The van der Waals surface area contributed by atoms with Gasteiger partial charge in [-0.25, -0.2) is 0 Å². The molecule has 6 nitrogen and oxygen atoms in total. The van der Waals surface area contributed by atoms with Crippen LogP contribution in [0.4, 0.5) is 0 Å². The Hall–Kier alpha value is -3.41. The number of aryl methyl sites for hydroxylation is 1. The number of nitrogens with zero attached hydrogens (tertiary/aromatic N) is 1. The number of aldehydes is 1. The average Bonchev–Trinajstić information content (AvgIpc) is 3.04. The molecule has 2 amide bonds. The fourth-order valence-corrected chi connectivity index (χ4v) is 3.21. The zero-order chi connectivity index (χ0) is 17.0. The molecule has 2 N–H and O–H groups in total. The molecule has 0 aliphatic carbocycles. The van der Waals surface area contributed by atoms with Gasteiger partial charge in [0.05, 0.1) is 16.8 Å². The molecule has 0 saturated carbocycles. The minimum absolute atomic E-state index is 0.0616. The molecule has 1 aromatic heterocycles. The van der Waals surface area contributed by atoms with Gasteiger partial charge in [-0.2, -0.15) is 0 Å². The number of carbonyl (C=O) groups excluding carboxylic acids is 3. The van der Waals surface area contributed by atoms with Gasteiger partial charge >= 0.3 is 0 Å². The van der Waals surface area contributed by atoms with Crippen molar-refractivity contribution in [1.29, 1.82) is 0 Å². The molecule has 118 valence electrons. The van der Waals surface area contributed by atoms with Crippen LogP contribution in [0, 0.1) is 0 Å². The molecular formula is C18H12N2O4. The van der Waals surface area contributed by atoms with Crippen LogP contribution in [-0.4, -0.2) is 27.8 Å². The number of amides is 2. The number of rotatable bonds is 2. The lowest BCUT2D eigenvalue weighted by Crippen LogP contribution is -2.20. The van der Waals surface area contributed by atoms with Crippen LogP contribution in [-0.2, 0) is 7.05 Å². The average molecular weight is 320 g/mol. The molecule has 3 aromatic rings. The number of nitrogens with one attached hydrogen (secondary N) is 1. The summed E-state index contributed by atoms with van der Waals surface area (Å²) in [5.41, 5.74) is 2.76. The number of aromatic nitrogens is 1. The topological polar surface area (TPSA) is 88.4 Å². The van der Waals surface area contributed by atoms with Gasteiger partial charge < -0.3 is 9.67 Å². The Balaban J connectivity index is 2.17. The Morgan fingerprint density at radius 3 is 2.54 bits per heavy atom. The molecule has 2 heterocycles. The maximum absolute atomic E-state index is 12.3. The highest BCUT2D eigenvalue weighted by Gasteiger charge is 2.33. The van der Waals surface area contributed by atoms with E-state index in [0.717, 1.165) is 0 Å². The molecule has 0 saturated heterocycles. The van der Waals surface area contributed by atoms with E-state index < -0.39 is 11.8 Å². The second-order valence-electron chi connectivity index (χ2n) is 5.69. The SMILES string of the molecule is Cn1c(C=O)cc2c3c(c(-c4cccc(O)c4)cc21)C(=O)NC3=O. The van der Waals surface area contributed by atoms with Gasteiger partial charge in [-0.1, -0.05) is 12.1 Å². The smallest absolute Gasteiger partial charge is 0.259 e. The van der Waals surface area contributed by atoms with Gasteiger partial charge in [0, 0.05) is 18.0 Å². The maximum Gasteiger partial charge on any atom is 0.259 e. The number of hydrogen-bond acceptors (Lipinski definition) is 4. The Morgan fingerprint density at radius 2 is 1.83 bits per heavy atom. The number of benzene rings is 2. The lowest BCUT2D eigenvalue weighted by molar-refractivity contribution is 0.0880. The van der Waals surface area contributed by atoms with Gasteiger partial charge in [-0.05, 0) is 35.4 Å². The highest BCUT2D eigenvalue weighted by atomic mass is 16.3. The molecule has 2 aromatic carbocycles. The Kier molecular flexibility index (Phi) is 2.83.